The van der Waals surface area contributed by atoms with E-state index >= 15 is 0 Å². The monoisotopic (exact) mass is 354 g/mol. The van der Waals surface area contributed by atoms with E-state index in [2.05, 4.69) is 26.6 Å². The van der Waals surface area contributed by atoms with Crippen molar-refractivity contribution in [3.63, 3.8) is 0 Å². The summed E-state index contributed by atoms with van der Waals surface area (Å²) in [5, 5.41) is 5.53. The van der Waals surface area contributed by atoms with Gasteiger partial charge in [0.1, 0.15) is 0 Å². The Morgan fingerprint density at radius 1 is 1.19 bits per heavy atom. The van der Waals surface area contributed by atoms with E-state index in [0.29, 0.717) is 24.4 Å². The summed E-state index contributed by atoms with van der Waals surface area (Å²) in [7, 11) is 0. The summed E-state index contributed by atoms with van der Waals surface area (Å²) < 4.78 is 0.948. The Morgan fingerprint density at radius 2 is 1.81 bits per heavy atom. The molecule has 2 N–H and O–H groups in total. The molecule has 0 saturated carbocycles. The summed E-state index contributed by atoms with van der Waals surface area (Å²) in [5.74, 6) is 0.445. The molecule has 0 unspecified atom stereocenters. The molecule has 5 heteroatoms. The molecule has 0 heterocycles. The van der Waals surface area contributed by atoms with Gasteiger partial charge in [0, 0.05) is 16.6 Å². The lowest BCUT2D eigenvalue weighted by atomic mass is 9.98. The van der Waals surface area contributed by atoms with Crippen molar-refractivity contribution in [3.8, 4) is 0 Å². The quantitative estimate of drug-likeness (QED) is 0.764. The van der Waals surface area contributed by atoms with E-state index in [1.165, 1.54) is 0 Å². The maximum absolute atomic E-state index is 12.1. The standard InChI is InChI=1S/C16H23BrN2O2/c1-4-5-15(20)14(10-11(2)3)19-16(21)18-13-8-6-12(17)7-9-13/h6-9,11,14H,4-5,10H2,1-3H3,(H2,18,19,21)/t14-/m0/s1. The second-order valence-electron chi connectivity index (χ2n) is 5.50. The molecule has 0 saturated heterocycles. The van der Waals surface area contributed by atoms with Crippen LogP contribution in [0.3, 0.4) is 0 Å². The predicted molar refractivity (Wildman–Crippen MR) is 89.5 cm³/mol. The average molecular weight is 355 g/mol. The normalized spacial score (nSPS) is 12.0. The minimum absolute atomic E-state index is 0.0946. The first-order valence-electron chi connectivity index (χ1n) is 7.28. The number of carbonyl (C=O) groups excluding carboxylic acids is 2. The lowest BCUT2D eigenvalue weighted by Gasteiger charge is -2.19. The van der Waals surface area contributed by atoms with Crippen molar-refractivity contribution in [2.75, 3.05) is 5.32 Å². The highest BCUT2D eigenvalue weighted by molar-refractivity contribution is 9.10. The third kappa shape index (κ3) is 6.76. The molecule has 0 aliphatic rings. The molecule has 116 valence electrons. The van der Waals surface area contributed by atoms with Gasteiger partial charge in [-0.2, -0.15) is 0 Å². The number of nitrogens with one attached hydrogen (secondary N) is 2. The predicted octanol–water partition coefficient (Wildman–Crippen LogP) is 4.35. The molecule has 4 nitrogen and oxygen atoms in total. The van der Waals surface area contributed by atoms with Crippen molar-refractivity contribution in [1.29, 1.82) is 0 Å². The first kappa shape index (κ1) is 17.7. The van der Waals surface area contributed by atoms with Crippen LogP contribution >= 0.6 is 15.9 Å². The minimum atomic E-state index is -0.416. The van der Waals surface area contributed by atoms with Gasteiger partial charge in [-0.25, -0.2) is 4.79 Å². The first-order chi connectivity index (χ1) is 9.92. The summed E-state index contributed by atoms with van der Waals surface area (Å²) in [5.41, 5.74) is 0.696. The van der Waals surface area contributed by atoms with Crippen LogP contribution in [0.4, 0.5) is 10.5 Å². The fourth-order valence-electron chi connectivity index (χ4n) is 2.02. The number of hydrogen-bond donors (Lipinski definition) is 2. The van der Waals surface area contributed by atoms with Crippen LogP contribution in [0, 0.1) is 5.92 Å². The van der Waals surface area contributed by atoms with Crippen molar-refractivity contribution in [2.45, 2.75) is 46.1 Å². The van der Waals surface area contributed by atoms with Crippen molar-refractivity contribution in [3.05, 3.63) is 28.7 Å². The Hall–Kier alpha value is -1.36. The van der Waals surface area contributed by atoms with Crippen LogP contribution < -0.4 is 10.6 Å². The summed E-state index contributed by atoms with van der Waals surface area (Å²) in [6, 6.07) is 6.55. The highest BCUT2D eigenvalue weighted by Crippen LogP contribution is 2.14. The lowest BCUT2D eigenvalue weighted by molar-refractivity contribution is -0.121. The molecular weight excluding hydrogens is 332 g/mol. The van der Waals surface area contributed by atoms with Crippen LogP contribution in [-0.4, -0.2) is 17.9 Å². The van der Waals surface area contributed by atoms with Gasteiger partial charge >= 0.3 is 6.03 Å². The summed E-state index contributed by atoms with van der Waals surface area (Å²) in [4.78, 5) is 24.1. The van der Waals surface area contributed by atoms with Crippen LogP contribution in [0.25, 0.3) is 0 Å². The average Bonchev–Trinajstić information content (AvgIpc) is 2.40. The fraction of sp³-hybridized carbons (Fsp3) is 0.500. The molecule has 1 rings (SSSR count). The number of hydrogen-bond acceptors (Lipinski definition) is 2. The molecule has 0 spiro atoms. The van der Waals surface area contributed by atoms with Gasteiger partial charge in [-0.15, -0.1) is 0 Å². The van der Waals surface area contributed by atoms with Crippen molar-refractivity contribution in [1.82, 2.24) is 5.32 Å². The van der Waals surface area contributed by atoms with Crippen LogP contribution in [0.1, 0.15) is 40.0 Å². The Kier molecular flexibility index (Phi) is 7.43. The van der Waals surface area contributed by atoms with Crippen molar-refractivity contribution in [2.24, 2.45) is 5.92 Å². The molecule has 0 bridgehead atoms. The van der Waals surface area contributed by atoms with Gasteiger partial charge < -0.3 is 10.6 Å². The topological polar surface area (TPSA) is 58.2 Å². The first-order valence-corrected chi connectivity index (χ1v) is 8.07. The molecule has 0 aromatic heterocycles. The van der Waals surface area contributed by atoms with Crippen molar-refractivity contribution >= 4 is 33.4 Å². The molecule has 1 aromatic rings. The second-order valence-corrected chi connectivity index (χ2v) is 6.42. The van der Waals surface area contributed by atoms with Crippen molar-refractivity contribution < 1.29 is 9.59 Å². The largest absolute Gasteiger partial charge is 0.328 e. The summed E-state index contributed by atoms with van der Waals surface area (Å²) in [6.07, 6.45) is 1.95. The van der Waals surface area contributed by atoms with Crippen LogP contribution in [-0.2, 0) is 4.79 Å². The number of amides is 2. The number of urea groups is 1. The summed E-state index contributed by atoms with van der Waals surface area (Å²) in [6.45, 7) is 6.05. The smallest absolute Gasteiger partial charge is 0.319 e. The summed E-state index contributed by atoms with van der Waals surface area (Å²) >= 11 is 3.34. The third-order valence-electron chi connectivity index (χ3n) is 3.00. The van der Waals surface area contributed by atoms with Gasteiger partial charge in [-0.05, 0) is 43.0 Å². The number of anilines is 1. The third-order valence-corrected chi connectivity index (χ3v) is 3.53. The van der Waals surface area contributed by atoms with Crippen LogP contribution in [0.2, 0.25) is 0 Å². The molecule has 0 aliphatic heterocycles. The number of Topliss-reactive ketones (excluding diaryl/α,β-unsaturated/α-hetero) is 1. The van der Waals surface area contributed by atoms with E-state index in [1.54, 1.807) is 12.1 Å². The number of benzene rings is 1. The Balaban J connectivity index is 2.62. The SMILES string of the molecule is CCCC(=O)[C@H](CC(C)C)NC(=O)Nc1ccc(Br)cc1. The minimum Gasteiger partial charge on any atom is -0.328 e. The Labute approximate surface area is 134 Å². The number of halogens is 1. The van der Waals surface area contributed by atoms with Gasteiger partial charge in [0.05, 0.1) is 6.04 Å². The molecule has 0 aliphatic carbocycles. The highest BCUT2D eigenvalue weighted by Gasteiger charge is 2.20. The van der Waals surface area contributed by atoms with Crippen LogP contribution in [0.5, 0.6) is 0 Å². The molecule has 1 atom stereocenters. The van der Waals surface area contributed by atoms with E-state index in [0.717, 1.165) is 10.9 Å². The van der Waals surface area contributed by atoms with Crippen LogP contribution in [0.15, 0.2) is 28.7 Å². The van der Waals surface area contributed by atoms with Gasteiger partial charge in [-0.1, -0.05) is 36.7 Å². The number of carbonyl (C=O) groups is 2. The Morgan fingerprint density at radius 3 is 2.33 bits per heavy atom. The zero-order chi connectivity index (χ0) is 15.8. The maximum atomic E-state index is 12.1. The van der Waals surface area contributed by atoms with E-state index < -0.39 is 6.04 Å². The zero-order valence-electron chi connectivity index (χ0n) is 12.8. The maximum Gasteiger partial charge on any atom is 0.319 e. The lowest BCUT2D eigenvalue weighted by Crippen LogP contribution is -2.43. The van der Waals surface area contributed by atoms with Gasteiger partial charge in [0.15, 0.2) is 5.78 Å². The molecule has 0 fully saturated rings. The molecule has 1 aromatic carbocycles. The van der Waals surface area contributed by atoms with E-state index in [1.807, 2.05) is 32.9 Å². The highest BCUT2D eigenvalue weighted by atomic mass is 79.9. The van der Waals surface area contributed by atoms with E-state index in [-0.39, 0.29) is 11.8 Å². The van der Waals surface area contributed by atoms with Gasteiger partial charge in [-0.3, -0.25) is 4.79 Å². The molecule has 21 heavy (non-hydrogen) atoms. The second kappa shape index (κ2) is 8.82. The molecule has 2 amide bonds. The van der Waals surface area contributed by atoms with Gasteiger partial charge in [0.25, 0.3) is 0 Å². The zero-order valence-corrected chi connectivity index (χ0v) is 14.4. The fourth-order valence-corrected chi connectivity index (χ4v) is 2.29. The molecular formula is C16H23BrN2O2. The van der Waals surface area contributed by atoms with E-state index in [4.69, 9.17) is 0 Å². The Bertz CT molecular complexity index is 472. The van der Waals surface area contributed by atoms with E-state index in [9.17, 15) is 9.59 Å². The van der Waals surface area contributed by atoms with Gasteiger partial charge in [0.2, 0.25) is 0 Å². The number of ketones is 1. The molecule has 0 radical (unpaired) electrons. The number of rotatable bonds is 7.